The zero-order chi connectivity index (χ0) is 11.8. The molecule has 2 fully saturated rings. The van der Waals surface area contributed by atoms with Crippen LogP contribution in [0.5, 0.6) is 0 Å². The van der Waals surface area contributed by atoms with Gasteiger partial charge in [-0.25, -0.2) is 0 Å². The molecular formula is C14H18N2O. The highest BCUT2D eigenvalue weighted by atomic mass is 16.1. The second-order valence-corrected chi connectivity index (χ2v) is 5.01. The lowest BCUT2D eigenvalue weighted by Crippen LogP contribution is -2.44. The second kappa shape index (κ2) is 4.15. The Morgan fingerprint density at radius 1 is 1.29 bits per heavy atom. The summed E-state index contributed by atoms with van der Waals surface area (Å²) in [5.74, 6) is 0.262. The number of hydrogen-bond acceptors (Lipinski definition) is 3. The third kappa shape index (κ3) is 1.75. The molecule has 2 heterocycles. The Morgan fingerprint density at radius 2 is 2.06 bits per heavy atom. The predicted molar refractivity (Wildman–Crippen MR) is 68.0 cm³/mol. The molecule has 1 aromatic rings. The van der Waals surface area contributed by atoms with E-state index in [0.717, 1.165) is 13.1 Å². The van der Waals surface area contributed by atoms with Crippen molar-refractivity contribution in [3.05, 3.63) is 30.3 Å². The number of nitrogens with zero attached hydrogens (tertiary/aromatic N) is 2. The Hall–Kier alpha value is -1.35. The fourth-order valence-electron chi connectivity index (χ4n) is 3.20. The van der Waals surface area contributed by atoms with Gasteiger partial charge in [-0.1, -0.05) is 18.2 Å². The van der Waals surface area contributed by atoms with Gasteiger partial charge in [0.1, 0.15) is 6.17 Å². The molecule has 1 aromatic carbocycles. The summed E-state index contributed by atoms with van der Waals surface area (Å²) in [6, 6.07) is 10.9. The van der Waals surface area contributed by atoms with Crippen molar-refractivity contribution in [3.8, 4) is 0 Å². The second-order valence-electron chi connectivity index (χ2n) is 5.01. The summed E-state index contributed by atoms with van der Waals surface area (Å²) in [5, 5.41) is 0. The maximum atomic E-state index is 11.9. The van der Waals surface area contributed by atoms with E-state index >= 15 is 0 Å². The number of fused-ring (bicyclic) bond motifs is 1. The number of carbonyl (C=O) groups is 1. The first-order valence-corrected chi connectivity index (χ1v) is 6.35. The van der Waals surface area contributed by atoms with Crippen LogP contribution in [0, 0.1) is 0 Å². The first-order valence-electron chi connectivity index (χ1n) is 6.35. The molecule has 3 heteroatoms. The molecular weight excluding hydrogens is 212 g/mol. The van der Waals surface area contributed by atoms with E-state index in [2.05, 4.69) is 21.9 Å². The van der Waals surface area contributed by atoms with Crippen molar-refractivity contribution in [3.63, 3.8) is 0 Å². The number of Topliss-reactive ketones (excluding diaryl/α,β-unsaturated/α-hetero) is 1. The maximum absolute atomic E-state index is 11.9. The van der Waals surface area contributed by atoms with Gasteiger partial charge in [0.25, 0.3) is 0 Å². The minimum absolute atomic E-state index is 0.0371. The molecule has 2 saturated heterocycles. The SMILES string of the molecule is CC(=O)C1N(c2ccccc2)CC2CCCN21. The van der Waals surface area contributed by atoms with Crippen LogP contribution in [0.4, 0.5) is 5.69 Å². The summed E-state index contributed by atoms with van der Waals surface area (Å²) in [7, 11) is 0. The van der Waals surface area contributed by atoms with Gasteiger partial charge < -0.3 is 4.90 Å². The highest BCUT2D eigenvalue weighted by molar-refractivity contribution is 5.85. The quantitative estimate of drug-likeness (QED) is 0.775. The molecule has 2 aliphatic rings. The van der Waals surface area contributed by atoms with Gasteiger partial charge in [0.15, 0.2) is 5.78 Å². The van der Waals surface area contributed by atoms with E-state index in [1.54, 1.807) is 6.92 Å². The van der Waals surface area contributed by atoms with E-state index in [-0.39, 0.29) is 11.9 Å². The monoisotopic (exact) mass is 230 g/mol. The highest BCUT2D eigenvalue weighted by Gasteiger charge is 2.43. The Kier molecular flexibility index (Phi) is 2.63. The van der Waals surface area contributed by atoms with Crippen LogP contribution in [0.1, 0.15) is 19.8 Å². The van der Waals surface area contributed by atoms with E-state index in [1.165, 1.54) is 18.5 Å². The molecule has 0 aliphatic carbocycles. The molecule has 0 saturated carbocycles. The van der Waals surface area contributed by atoms with Gasteiger partial charge in [-0.3, -0.25) is 9.69 Å². The lowest BCUT2D eigenvalue weighted by atomic mass is 10.2. The van der Waals surface area contributed by atoms with Crippen LogP contribution < -0.4 is 4.90 Å². The summed E-state index contributed by atoms with van der Waals surface area (Å²) >= 11 is 0. The number of rotatable bonds is 2. The van der Waals surface area contributed by atoms with E-state index in [9.17, 15) is 4.79 Å². The van der Waals surface area contributed by atoms with E-state index in [1.807, 2.05) is 18.2 Å². The summed E-state index contributed by atoms with van der Waals surface area (Å²) < 4.78 is 0. The minimum atomic E-state index is -0.0371. The van der Waals surface area contributed by atoms with Crippen LogP contribution in [0.3, 0.4) is 0 Å². The standard InChI is InChI=1S/C14H18N2O/c1-11(17)14-15-9-5-8-13(15)10-16(14)12-6-3-2-4-7-12/h2-4,6-7,13-14H,5,8-10H2,1H3. The first kappa shape index (κ1) is 10.8. The number of anilines is 1. The van der Waals surface area contributed by atoms with Crippen molar-refractivity contribution in [1.82, 2.24) is 4.90 Å². The Balaban J connectivity index is 1.92. The van der Waals surface area contributed by atoms with Crippen LogP contribution in [-0.4, -0.2) is 36.0 Å². The number of para-hydroxylation sites is 1. The number of hydrogen-bond donors (Lipinski definition) is 0. The van der Waals surface area contributed by atoms with Crippen molar-refractivity contribution < 1.29 is 4.79 Å². The zero-order valence-corrected chi connectivity index (χ0v) is 10.2. The molecule has 2 unspecified atom stereocenters. The molecule has 3 rings (SSSR count). The largest absolute Gasteiger partial charge is 0.348 e. The number of carbonyl (C=O) groups excluding carboxylic acids is 1. The van der Waals surface area contributed by atoms with E-state index < -0.39 is 0 Å². The van der Waals surface area contributed by atoms with Crippen LogP contribution in [0.2, 0.25) is 0 Å². The first-order chi connectivity index (χ1) is 8.27. The third-order valence-corrected chi connectivity index (χ3v) is 3.89. The van der Waals surface area contributed by atoms with Crippen LogP contribution in [0.15, 0.2) is 30.3 Å². The van der Waals surface area contributed by atoms with Crippen molar-refractivity contribution in [2.24, 2.45) is 0 Å². The minimum Gasteiger partial charge on any atom is -0.348 e. The molecule has 90 valence electrons. The van der Waals surface area contributed by atoms with Crippen molar-refractivity contribution in [2.45, 2.75) is 32.0 Å². The molecule has 3 nitrogen and oxygen atoms in total. The van der Waals surface area contributed by atoms with Gasteiger partial charge in [-0.2, -0.15) is 0 Å². The van der Waals surface area contributed by atoms with Gasteiger partial charge in [-0.05, 0) is 31.9 Å². The molecule has 0 amide bonds. The van der Waals surface area contributed by atoms with Crippen molar-refractivity contribution >= 4 is 11.5 Å². The Morgan fingerprint density at radius 3 is 2.76 bits per heavy atom. The molecule has 0 spiro atoms. The molecule has 0 aromatic heterocycles. The van der Waals surface area contributed by atoms with Gasteiger partial charge in [-0.15, -0.1) is 0 Å². The summed E-state index contributed by atoms with van der Waals surface area (Å²) in [6.07, 6.45) is 2.43. The van der Waals surface area contributed by atoms with E-state index in [0.29, 0.717) is 6.04 Å². The summed E-state index contributed by atoms with van der Waals surface area (Å²) in [5.41, 5.74) is 1.17. The fraction of sp³-hybridized carbons (Fsp3) is 0.500. The molecule has 17 heavy (non-hydrogen) atoms. The Labute approximate surface area is 102 Å². The molecule has 0 radical (unpaired) electrons. The van der Waals surface area contributed by atoms with Gasteiger partial charge >= 0.3 is 0 Å². The average Bonchev–Trinajstić information content (AvgIpc) is 2.88. The molecule has 0 N–H and O–H groups in total. The van der Waals surface area contributed by atoms with Crippen molar-refractivity contribution in [1.29, 1.82) is 0 Å². The predicted octanol–water partition coefficient (Wildman–Crippen LogP) is 1.89. The third-order valence-electron chi connectivity index (χ3n) is 3.89. The molecule has 0 bridgehead atoms. The van der Waals surface area contributed by atoms with Gasteiger partial charge in [0.2, 0.25) is 0 Å². The average molecular weight is 230 g/mol. The summed E-state index contributed by atoms with van der Waals surface area (Å²) in [4.78, 5) is 16.5. The lowest BCUT2D eigenvalue weighted by molar-refractivity contribution is -0.121. The van der Waals surface area contributed by atoms with Crippen LogP contribution >= 0.6 is 0 Å². The van der Waals surface area contributed by atoms with Gasteiger partial charge in [0, 0.05) is 24.8 Å². The van der Waals surface area contributed by atoms with Crippen LogP contribution in [-0.2, 0) is 4.79 Å². The maximum Gasteiger partial charge on any atom is 0.167 e. The number of benzene rings is 1. The Bertz CT molecular complexity index is 417. The zero-order valence-electron chi connectivity index (χ0n) is 10.2. The number of ketones is 1. The smallest absolute Gasteiger partial charge is 0.167 e. The topological polar surface area (TPSA) is 23.6 Å². The molecule has 2 atom stereocenters. The highest BCUT2D eigenvalue weighted by Crippen LogP contribution is 2.33. The fourth-order valence-corrected chi connectivity index (χ4v) is 3.20. The van der Waals surface area contributed by atoms with Gasteiger partial charge in [0.05, 0.1) is 0 Å². The normalized spacial score (nSPS) is 28.4. The van der Waals surface area contributed by atoms with E-state index in [4.69, 9.17) is 0 Å². The van der Waals surface area contributed by atoms with Crippen molar-refractivity contribution in [2.75, 3.05) is 18.0 Å². The molecule has 2 aliphatic heterocycles. The van der Waals surface area contributed by atoms with Crippen LogP contribution in [0.25, 0.3) is 0 Å². The lowest BCUT2D eigenvalue weighted by Gasteiger charge is -2.28. The summed E-state index contributed by atoms with van der Waals surface area (Å²) in [6.45, 7) is 3.77.